The van der Waals surface area contributed by atoms with Crippen LogP contribution in [0.2, 0.25) is 0 Å². The van der Waals surface area contributed by atoms with Crippen molar-refractivity contribution in [2.24, 2.45) is 0 Å². The summed E-state index contributed by atoms with van der Waals surface area (Å²) in [6, 6.07) is 6.81. The van der Waals surface area contributed by atoms with Crippen molar-refractivity contribution in [2.45, 2.75) is 13.5 Å². The number of nitrogen functional groups attached to an aromatic ring is 2. The van der Waals surface area contributed by atoms with Crippen LogP contribution >= 0.6 is 0 Å². The van der Waals surface area contributed by atoms with E-state index in [1.54, 1.807) is 31.2 Å². The maximum absolute atomic E-state index is 11.3. The standard InChI is InChI=1S/C13H16N6O3/c1-2-21-13(20)16-8-4-3-5-9(6-8)22-7-10-17-11(14)19-12(15)18-10/h3-6H,2,7H2,1H3,(H,16,20)(H4,14,15,17,18,19). The van der Waals surface area contributed by atoms with Crippen LogP contribution in [0.15, 0.2) is 24.3 Å². The molecule has 0 aliphatic carbocycles. The van der Waals surface area contributed by atoms with Gasteiger partial charge in [0, 0.05) is 11.8 Å². The second kappa shape index (κ2) is 7.07. The zero-order valence-corrected chi connectivity index (χ0v) is 11.9. The number of carbonyl (C=O) groups is 1. The molecule has 0 fully saturated rings. The van der Waals surface area contributed by atoms with Crippen LogP contribution in [0.25, 0.3) is 0 Å². The number of rotatable bonds is 5. The second-order valence-corrected chi connectivity index (χ2v) is 4.13. The summed E-state index contributed by atoms with van der Waals surface area (Å²) in [5.74, 6) is 0.897. The van der Waals surface area contributed by atoms with E-state index < -0.39 is 6.09 Å². The molecular weight excluding hydrogens is 288 g/mol. The molecule has 9 heteroatoms. The average molecular weight is 304 g/mol. The first kappa shape index (κ1) is 15.3. The predicted molar refractivity (Wildman–Crippen MR) is 80.1 cm³/mol. The van der Waals surface area contributed by atoms with Crippen molar-refractivity contribution in [3.8, 4) is 5.75 Å². The summed E-state index contributed by atoms with van der Waals surface area (Å²) < 4.78 is 10.3. The van der Waals surface area contributed by atoms with Crippen LogP contribution < -0.4 is 21.5 Å². The smallest absolute Gasteiger partial charge is 0.411 e. The van der Waals surface area contributed by atoms with Crippen LogP contribution in [0.5, 0.6) is 5.75 Å². The van der Waals surface area contributed by atoms with Gasteiger partial charge in [0.15, 0.2) is 5.82 Å². The highest BCUT2D eigenvalue weighted by Crippen LogP contribution is 2.18. The quantitative estimate of drug-likeness (QED) is 0.748. The van der Waals surface area contributed by atoms with Crippen LogP contribution in [0.3, 0.4) is 0 Å². The van der Waals surface area contributed by atoms with Gasteiger partial charge in [0.05, 0.1) is 6.61 Å². The molecule has 0 aliphatic heterocycles. The molecule has 0 radical (unpaired) electrons. The number of hydrogen-bond donors (Lipinski definition) is 3. The van der Waals surface area contributed by atoms with Crippen LogP contribution in [-0.2, 0) is 11.3 Å². The fraction of sp³-hybridized carbons (Fsp3) is 0.231. The Morgan fingerprint density at radius 3 is 2.64 bits per heavy atom. The fourth-order valence-corrected chi connectivity index (χ4v) is 1.62. The molecule has 1 heterocycles. The van der Waals surface area contributed by atoms with Gasteiger partial charge in [-0.15, -0.1) is 0 Å². The minimum Gasteiger partial charge on any atom is -0.486 e. The van der Waals surface area contributed by atoms with Crippen molar-refractivity contribution in [2.75, 3.05) is 23.4 Å². The minimum absolute atomic E-state index is 0.0313. The van der Waals surface area contributed by atoms with E-state index in [0.717, 1.165) is 0 Å². The van der Waals surface area contributed by atoms with Gasteiger partial charge in [-0.3, -0.25) is 5.32 Å². The van der Waals surface area contributed by atoms with Gasteiger partial charge >= 0.3 is 6.09 Å². The lowest BCUT2D eigenvalue weighted by atomic mass is 10.3. The summed E-state index contributed by atoms with van der Waals surface area (Å²) in [5, 5.41) is 2.58. The number of carbonyl (C=O) groups excluding carboxylic acids is 1. The Balaban J connectivity index is 1.99. The molecule has 0 unspecified atom stereocenters. The molecule has 0 spiro atoms. The van der Waals surface area contributed by atoms with Gasteiger partial charge in [-0.05, 0) is 19.1 Å². The molecule has 2 aromatic rings. The average Bonchev–Trinajstić information content (AvgIpc) is 2.45. The summed E-state index contributed by atoms with van der Waals surface area (Å²) in [5.41, 5.74) is 11.5. The molecule has 116 valence electrons. The number of nitrogens with two attached hydrogens (primary N) is 2. The Kier molecular flexibility index (Phi) is 4.91. The van der Waals surface area contributed by atoms with Crippen molar-refractivity contribution >= 4 is 23.7 Å². The number of aromatic nitrogens is 3. The van der Waals surface area contributed by atoms with Gasteiger partial charge in [-0.1, -0.05) is 6.07 Å². The maximum atomic E-state index is 11.3. The van der Waals surface area contributed by atoms with Crippen molar-refractivity contribution in [1.29, 1.82) is 0 Å². The molecule has 0 bridgehead atoms. The van der Waals surface area contributed by atoms with Gasteiger partial charge in [0.1, 0.15) is 12.4 Å². The van der Waals surface area contributed by atoms with Gasteiger partial charge in [0.2, 0.25) is 11.9 Å². The summed E-state index contributed by atoms with van der Waals surface area (Å²) in [7, 11) is 0. The minimum atomic E-state index is -0.530. The Morgan fingerprint density at radius 2 is 1.95 bits per heavy atom. The number of benzene rings is 1. The van der Waals surface area contributed by atoms with E-state index in [9.17, 15) is 4.79 Å². The van der Waals surface area contributed by atoms with E-state index in [1.165, 1.54) is 0 Å². The lowest BCUT2D eigenvalue weighted by Crippen LogP contribution is -2.13. The van der Waals surface area contributed by atoms with Crippen LogP contribution in [-0.4, -0.2) is 27.7 Å². The Hall–Kier alpha value is -3.10. The molecule has 0 atom stereocenters. The van der Waals surface area contributed by atoms with Crippen molar-refractivity contribution < 1.29 is 14.3 Å². The monoisotopic (exact) mass is 304 g/mol. The van der Waals surface area contributed by atoms with E-state index in [-0.39, 0.29) is 18.5 Å². The highest BCUT2D eigenvalue weighted by atomic mass is 16.5. The van der Waals surface area contributed by atoms with E-state index in [2.05, 4.69) is 20.3 Å². The zero-order valence-electron chi connectivity index (χ0n) is 11.9. The van der Waals surface area contributed by atoms with Gasteiger partial charge in [-0.2, -0.15) is 15.0 Å². The lowest BCUT2D eigenvalue weighted by molar-refractivity contribution is 0.168. The Morgan fingerprint density at radius 1 is 1.23 bits per heavy atom. The zero-order chi connectivity index (χ0) is 15.9. The van der Waals surface area contributed by atoms with E-state index in [1.807, 2.05) is 0 Å². The third-order valence-electron chi connectivity index (χ3n) is 2.44. The Bertz CT molecular complexity index is 644. The summed E-state index contributed by atoms with van der Waals surface area (Å²) in [6.07, 6.45) is -0.530. The van der Waals surface area contributed by atoms with Crippen molar-refractivity contribution in [3.05, 3.63) is 30.1 Å². The molecule has 1 aromatic heterocycles. The lowest BCUT2D eigenvalue weighted by Gasteiger charge is -2.09. The van der Waals surface area contributed by atoms with E-state index >= 15 is 0 Å². The highest BCUT2D eigenvalue weighted by molar-refractivity contribution is 5.84. The molecule has 5 N–H and O–H groups in total. The first-order chi connectivity index (χ1) is 10.6. The molecule has 1 amide bonds. The molecule has 0 saturated carbocycles. The summed E-state index contributed by atoms with van der Waals surface area (Å²) in [6.45, 7) is 2.09. The van der Waals surface area contributed by atoms with Crippen LogP contribution in [0.4, 0.5) is 22.4 Å². The molecule has 0 aliphatic rings. The number of anilines is 3. The molecule has 0 saturated heterocycles. The van der Waals surface area contributed by atoms with Gasteiger partial charge in [-0.25, -0.2) is 4.79 Å². The molecular formula is C13H16N6O3. The molecule has 1 aromatic carbocycles. The summed E-state index contributed by atoms with van der Waals surface area (Å²) in [4.78, 5) is 22.8. The third-order valence-corrected chi connectivity index (χ3v) is 2.44. The maximum Gasteiger partial charge on any atom is 0.411 e. The van der Waals surface area contributed by atoms with Crippen molar-refractivity contribution in [3.63, 3.8) is 0 Å². The largest absolute Gasteiger partial charge is 0.486 e. The Labute approximate surface area is 126 Å². The number of ether oxygens (including phenoxy) is 2. The van der Waals surface area contributed by atoms with Crippen LogP contribution in [0.1, 0.15) is 12.7 Å². The number of nitrogens with one attached hydrogen (secondary N) is 1. The van der Waals surface area contributed by atoms with E-state index in [0.29, 0.717) is 23.9 Å². The van der Waals surface area contributed by atoms with E-state index in [4.69, 9.17) is 20.9 Å². The second-order valence-electron chi connectivity index (χ2n) is 4.13. The van der Waals surface area contributed by atoms with Crippen LogP contribution in [0, 0.1) is 0 Å². The first-order valence-corrected chi connectivity index (χ1v) is 6.49. The summed E-state index contributed by atoms with van der Waals surface area (Å²) >= 11 is 0. The van der Waals surface area contributed by atoms with Gasteiger partial charge < -0.3 is 20.9 Å². The molecule has 2 rings (SSSR count). The number of nitrogens with zero attached hydrogens (tertiary/aromatic N) is 3. The first-order valence-electron chi connectivity index (χ1n) is 6.49. The highest BCUT2D eigenvalue weighted by Gasteiger charge is 2.05. The predicted octanol–water partition coefficient (Wildman–Crippen LogP) is 1.18. The molecule has 22 heavy (non-hydrogen) atoms. The normalized spacial score (nSPS) is 10.0. The SMILES string of the molecule is CCOC(=O)Nc1cccc(OCc2nc(N)nc(N)n2)c1. The third kappa shape index (κ3) is 4.47. The number of amides is 1. The van der Waals surface area contributed by atoms with Crippen molar-refractivity contribution in [1.82, 2.24) is 15.0 Å². The number of hydrogen-bond acceptors (Lipinski definition) is 8. The topological polar surface area (TPSA) is 138 Å². The molecule has 9 nitrogen and oxygen atoms in total. The fourth-order valence-electron chi connectivity index (χ4n) is 1.62. The van der Waals surface area contributed by atoms with Gasteiger partial charge in [0.25, 0.3) is 0 Å².